The van der Waals surface area contributed by atoms with Crippen molar-refractivity contribution in [1.82, 2.24) is 9.78 Å². The summed E-state index contributed by atoms with van der Waals surface area (Å²) in [6.07, 6.45) is -5.00. The summed E-state index contributed by atoms with van der Waals surface area (Å²) < 4.78 is 54.2. The summed E-state index contributed by atoms with van der Waals surface area (Å²) >= 11 is 0. The number of hydrogen-bond donors (Lipinski definition) is 1. The van der Waals surface area contributed by atoms with E-state index in [2.05, 4.69) is 10.2 Å². The van der Waals surface area contributed by atoms with Gasteiger partial charge in [-0.3, -0.25) is 19.5 Å². The molecule has 3 heterocycles. The molecule has 0 radical (unpaired) electrons. The molecular weight excluding hydrogens is 420 g/mol. The minimum atomic E-state index is -4.51. The highest BCUT2D eigenvalue weighted by atomic mass is 19.4. The van der Waals surface area contributed by atoms with Gasteiger partial charge in [-0.2, -0.15) is 23.4 Å². The molecule has 164 valence electrons. The van der Waals surface area contributed by atoms with Gasteiger partial charge in [0.25, 0.3) is 5.91 Å². The van der Waals surface area contributed by atoms with E-state index in [1.54, 1.807) is 0 Å². The fourth-order valence-electron chi connectivity index (χ4n) is 3.78. The largest absolute Gasteiger partial charge is 0.410 e. The van der Waals surface area contributed by atoms with Gasteiger partial charge in [0.1, 0.15) is 23.4 Å². The molecule has 12 heteroatoms. The number of aromatic nitrogens is 2. The van der Waals surface area contributed by atoms with E-state index in [0.29, 0.717) is 11.4 Å². The van der Waals surface area contributed by atoms with E-state index in [1.165, 1.54) is 47.2 Å². The Kier molecular flexibility index (Phi) is 4.94. The summed E-state index contributed by atoms with van der Waals surface area (Å²) in [5, 5.41) is 9.33. The second-order valence-electron chi connectivity index (χ2n) is 7.38. The molecule has 2 aliphatic rings. The molecule has 0 bridgehead atoms. The van der Waals surface area contributed by atoms with Gasteiger partial charge in [0.2, 0.25) is 5.91 Å². The first-order valence-electron chi connectivity index (χ1n) is 9.42. The van der Waals surface area contributed by atoms with Crippen molar-refractivity contribution in [3.8, 4) is 0 Å². The fraction of sp³-hybridized carbons (Fsp3) is 0.368. The van der Waals surface area contributed by atoms with Crippen molar-refractivity contribution in [2.24, 2.45) is 10.8 Å². The highest BCUT2D eigenvalue weighted by Crippen LogP contribution is 2.40. The van der Waals surface area contributed by atoms with E-state index in [0.717, 1.165) is 4.68 Å². The lowest BCUT2D eigenvalue weighted by molar-refractivity contribution is -0.172. The SMILES string of the molecule is Cc1cc2n(n1)C(C(F)(F)F)CCN2C(=O)C1=NN(c2ccc(F)cc2)C(C(N)=O)C1. The van der Waals surface area contributed by atoms with E-state index in [1.807, 2.05) is 0 Å². The molecule has 0 aliphatic carbocycles. The van der Waals surface area contributed by atoms with E-state index in [4.69, 9.17) is 5.73 Å². The maximum atomic E-state index is 13.4. The molecule has 2 aromatic rings. The van der Waals surface area contributed by atoms with Gasteiger partial charge in [0.15, 0.2) is 6.04 Å². The van der Waals surface area contributed by atoms with Gasteiger partial charge in [-0.05, 0) is 37.6 Å². The lowest BCUT2D eigenvalue weighted by Gasteiger charge is -2.33. The Hall–Kier alpha value is -3.44. The molecule has 0 saturated carbocycles. The van der Waals surface area contributed by atoms with Gasteiger partial charge in [-0.25, -0.2) is 9.07 Å². The molecule has 2 aliphatic heterocycles. The number of aryl methyl sites for hydroxylation is 1. The molecule has 8 nitrogen and oxygen atoms in total. The van der Waals surface area contributed by atoms with Gasteiger partial charge >= 0.3 is 6.18 Å². The van der Waals surface area contributed by atoms with Crippen LogP contribution in [0.25, 0.3) is 0 Å². The van der Waals surface area contributed by atoms with Crippen LogP contribution >= 0.6 is 0 Å². The monoisotopic (exact) mass is 438 g/mol. The minimum absolute atomic E-state index is 0.00892. The zero-order valence-corrected chi connectivity index (χ0v) is 16.3. The van der Waals surface area contributed by atoms with Crippen LogP contribution in [0.15, 0.2) is 35.4 Å². The Morgan fingerprint density at radius 2 is 1.87 bits per heavy atom. The topological polar surface area (TPSA) is 96.8 Å². The summed E-state index contributed by atoms with van der Waals surface area (Å²) in [5.41, 5.74) is 6.10. The van der Waals surface area contributed by atoms with Gasteiger partial charge in [-0.15, -0.1) is 0 Å². The number of primary amides is 1. The molecule has 1 aromatic carbocycles. The standard InChI is InChI=1S/C19H18F4N6O2/c1-10-8-16-27(7-6-15(19(21,22)23)29(16)25-10)18(31)13-9-14(17(24)30)28(26-13)12-4-2-11(20)3-5-12/h2-5,8,14-15H,6-7,9H2,1H3,(H2,24,30). The number of hydrazone groups is 1. The lowest BCUT2D eigenvalue weighted by Crippen LogP contribution is -2.46. The van der Waals surface area contributed by atoms with Crippen LogP contribution in [0.5, 0.6) is 0 Å². The molecule has 0 spiro atoms. The Labute approximate surface area is 173 Å². The van der Waals surface area contributed by atoms with Crippen molar-refractivity contribution < 1.29 is 27.2 Å². The van der Waals surface area contributed by atoms with Crippen molar-refractivity contribution in [2.75, 3.05) is 16.5 Å². The second kappa shape index (κ2) is 7.36. The van der Waals surface area contributed by atoms with Crippen LogP contribution < -0.4 is 15.6 Å². The summed E-state index contributed by atoms with van der Waals surface area (Å²) in [7, 11) is 0. The zero-order valence-electron chi connectivity index (χ0n) is 16.3. The highest BCUT2D eigenvalue weighted by molar-refractivity contribution is 6.44. The average Bonchev–Trinajstić information content (AvgIpc) is 3.30. The third-order valence-electron chi connectivity index (χ3n) is 5.24. The predicted octanol–water partition coefficient (Wildman–Crippen LogP) is 2.29. The van der Waals surface area contributed by atoms with Crippen LogP contribution in [0.1, 0.15) is 24.6 Å². The minimum Gasteiger partial charge on any atom is -0.368 e. The number of nitrogens with two attached hydrogens (primary N) is 1. The first-order chi connectivity index (χ1) is 14.6. The normalized spacial score (nSPS) is 21.1. The number of carbonyl (C=O) groups excluding carboxylic acids is 2. The molecule has 2 unspecified atom stereocenters. The summed E-state index contributed by atoms with van der Waals surface area (Å²) in [5.74, 6) is -1.87. The predicted molar refractivity (Wildman–Crippen MR) is 103 cm³/mol. The maximum Gasteiger partial charge on any atom is 0.410 e. The quantitative estimate of drug-likeness (QED) is 0.744. The third kappa shape index (κ3) is 3.73. The Balaban J connectivity index is 1.66. The molecule has 0 fully saturated rings. The van der Waals surface area contributed by atoms with Crippen LogP contribution in [0.4, 0.5) is 29.1 Å². The van der Waals surface area contributed by atoms with Crippen LogP contribution in [0, 0.1) is 12.7 Å². The molecule has 2 amide bonds. The highest BCUT2D eigenvalue weighted by Gasteiger charge is 2.47. The number of benzene rings is 1. The number of rotatable bonds is 3. The van der Waals surface area contributed by atoms with E-state index < -0.39 is 35.9 Å². The number of anilines is 2. The van der Waals surface area contributed by atoms with E-state index in [-0.39, 0.29) is 30.9 Å². The number of nitrogens with zero attached hydrogens (tertiary/aromatic N) is 5. The van der Waals surface area contributed by atoms with Crippen LogP contribution in [-0.4, -0.2) is 46.1 Å². The van der Waals surface area contributed by atoms with Gasteiger partial charge in [0, 0.05) is 19.0 Å². The molecule has 1 aromatic heterocycles. The molecule has 0 saturated heterocycles. The number of hydrogen-bond acceptors (Lipinski definition) is 5. The number of amides is 2. The number of halogens is 4. The van der Waals surface area contributed by atoms with Gasteiger partial charge < -0.3 is 5.73 Å². The smallest absolute Gasteiger partial charge is 0.368 e. The van der Waals surface area contributed by atoms with Crippen molar-refractivity contribution in [1.29, 1.82) is 0 Å². The molecular formula is C19H18F4N6O2. The van der Waals surface area contributed by atoms with Crippen LogP contribution in [0.2, 0.25) is 0 Å². The first kappa shape index (κ1) is 20.8. The van der Waals surface area contributed by atoms with Gasteiger partial charge in [-0.1, -0.05) is 0 Å². The Morgan fingerprint density at radius 1 is 1.19 bits per heavy atom. The van der Waals surface area contributed by atoms with Crippen molar-refractivity contribution in [3.05, 3.63) is 41.8 Å². The number of fused-ring (bicyclic) bond motifs is 1. The number of carbonyl (C=O) groups is 2. The zero-order chi connectivity index (χ0) is 22.5. The number of alkyl halides is 3. The Bertz CT molecular complexity index is 1060. The van der Waals surface area contributed by atoms with E-state index in [9.17, 15) is 27.2 Å². The molecule has 4 rings (SSSR count). The van der Waals surface area contributed by atoms with Crippen molar-refractivity contribution >= 4 is 29.0 Å². The first-order valence-corrected chi connectivity index (χ1v) is 9.42. The maximum absolute atomic E-state index is 13.4. The Morgan fingerprint density at radius 3 is 2.48 bits per heavy atom. The lowest BCUT2D eigenvalue weighted by atomic mass is 10.1. The van der Waals surface area contributed by atoms with Crippen LogP contribution in [0.3, 0.4) is 0 Å². The molecule has 2 atom stereocenters. The van der Waals surface area contributed by atoms with Gasteiger partial charge in [0.05, 0.1) is 11.4 Å². The van der Waals surface area contributed by atoms with Crippen molar-refractivity contribution in [2.45, 2.75) is 38.0 Å². The third-order valence-corrected chi connectivity index (χ3v) is 5.24. The molecule has 2 N–H and O–H groups in total. The molecule has 31 heavy (non-hydrogen) atoms. The summed E-state index contributed by atoms with van der Waals surface area (Å²) in [6.45, 7) is 1.35. The van der Waals surface area contributed by atoms with Crippen molar-refractivity contribution in [3.63, 3.8) is 0 Å². The average molecular weight is 438 g/mol. The summed E-state index contributed by atoms with van der Waals surface area (Å²) in [6, 6.07) is 3.70. The van der Waals surface area contributed by atoms with Crippen LogP contribution in [-0.2, 0) is 9.59 Å². The van der Waals surface area contributed by atoms with E-state index >= 15 is 0 Å². The fourth-order valence-corrected chi connectivity index (χ4v) is 3.78. The summed E-state index contributed by atoms with van der Waals surface area (Å²) in [4.78, 5) is 26.3. The second-order valence-corrected chi connectivity index (χ2v) is 7.38.